The van der Waals surface area contributed by atoms with Crippen molar-refractivity contribution in [3.05, 3.63) is 58.6 Å². The third-order valence-corrected chi connectivity index (χ3v) is 5.65. The molecule has 0 aromatic heterocycles. The predicted octanol–water partition coefficient (Wildman–Crippen LogP) is 1.98. The van der Waals surface area contributed by atoms with E-state index in [9.17, 15) is 24.3 Å². The highest BCUT2D eigenvalue weighted by Gasteiger charge is 2.63. The number of aliphatic carboxylic acids is 1. The van der Waals surface area contributed by atoms with Crippen LogP contribution in [0.25, 0.3) is 0 Å². The Bertz CT molecular complexity index is 1100. The molecule has 9 heteroatoms. The van der Waals surface area contributed by atoms with E-state index in [0.717, 1.165) is 9.80 Å². The number of amides is 3. The maximum Gasteiger partial charge on any atom is 0.323 e. The molecule has 8 nitrogen and oxygen atoms in total. The van der Waals surface area contributed by atoms with Crippen LogP contribution in [0.2, 0.25) is 5.02 Å². The number of likely N-dealkylation sites (tertiary alicyclic amines) is 1. The zero-order valence-corrected chi connectivity index (χ0v) is 16.7. The highest BCUT2D eigenvalue weighted by molar-refractivity contribution is 6.32. The van der Waals surface area contributed by atoms with Gasteiger partial charge in [-0.2, -0.15) is 0 Å². The van der Waals surface area contributed by atoms with E-state index < -0.39 is 35.7 Å². The smallest absolute Gasteiger partial charge is 0.323 e. The number of benzene rings is 2. The first-order valence-corrected chi connectivity index (χ1v) is 9.47. The molecule has 1 spiro atoms. The van der Waals surface area contributed by atoms with Crippen LogP contribution >= 0.6 is 11.6 Å². The SMILES string of the molecule is COc1cccc(CN2C(=O)CC3(C2=O)C(=O)N(CC(=O)O)c2ccc(Cl)cc23)c1. The average Bonchev–Trinajstić information content (AvgIpc) is 3.09. The van der Waals surface area contributed by atoms with Crippen molar-refractivity contribution in [3.63, 3.8) is 0 Å². The molecule has 2 aliphatic rings. The number of carbonyl (C=O) groups excluding carboxylic acids is 3. The fourth-order valence-corrected chi connectivity index (χ4v) is 4.24. The zero-order valence-electron chi connectivity index (χ0n) is 15.9. The van der Waals surface area contributed by atoms with E-state index in [1.807, 2.05) is 0 Å². The lowest BCUT2D eigenvalue weighted by Crippen LogP contribution is -2.47. The standard InChI is InChI=1S/C21H17ClN2O6/c1-30-14-4-2-3-12(7-14)10-24-17(25)9-21(20(24)29)15-8-13(22)5-6-16(15)23(19(21)28)11-18(26)27/h2-8H,9-11H2,1H3,(H,26,27). The first-order chi connectivity index (χ1) is 14.3. The van der Waals surface area contributed by atoms with Crippen LogP contribution in [0.4, 0.5) is 5.69 Å². The molecule has 0 radical (unpaired) electrons. The number of halogens is 1. The van der Waals surface area contributed by atoms with Gasteiger partial charge in [0.1, 0.15) is 12.3 Å². The summed E-state index contributed by atoms with van der Waals surface area (Å²) < 4.78 is 5.17. The number of nitrogens with zero attached hydrogens (tertiary/aromatic N) is 2. The molecular weight excluding hydrogens is 412 g/mol. The van der Waals surface area contributed by atoms with Crippen LogP contribution in [0.3, 0.4) is 0 Å². The number of hydrogen-bond acceptors (Lipinski definition) is 5. The molecule has 30 heavy (non-hydrogen) atoms. The van der Waals surface area contributed by atoms with Gasteiger partial charge in [0.05, 0.1) is 20.1 Å². The van der Waals surface area contributed by atoms with Crippen LogP contribution < -0.4 is 9.64 Å². The summed E-state index contributed by atoms with van der Waals surface area (Å²) in [5.74, 6) is -2.58. The van der Waals surface area contributed by atoms with Gasteiger partial charge in [-0.15, -0.1) is 0 Å². The Morgan fingerprint density at radius 3 is 2.57 bits per heavy atom. The summed E-state index contributed by atoms with van der Waals surface area (Å²) in [7, 11) is 1.51. The van der Waals surface area contributed by atoms with Crippen molar-refractivity contribution in [2.24, 2.45) is 0 Å². The van der Waals surface area contributed by atoms with Gasteiger partial charge in [0.2, 0.25) is 17.7 Å². The lowest BCUT2D eigenvalue weighted by atomic mass is 9.80. The molecule has 0 bridgehead atoms. The number of carboxylic acids is 1. The first kappa shape index (κ1) is 19.9. The Balaban J connectivity index is 1.76. The van der Waals surface area contributed by atoms with Crippen LogP contribution in [0.5, 0.6) is 5.75 Å². The van der Waals surface area contributed by atoms with Crippen molar-refractivity contribution >= 4 is 41.0 Å². The van der Waals surface area contributed by atoms with Crippen LogP contribution in [-0.2, 0) is 31.1 Å². The Morgan fingerprint density at radius 1 is 1.13 bits per heavy atom. The molecule has 2 heterocycles. The fourth-order valence-electron chi connectivity index (χ4n) is 4.07. The van der Waals surface area contributed by atoms with Crippen LogP contribution in [-0.4, -0.2) is 47.4 Å². The number of fused-ring (bicyclic) bond motifs is 2. The Kier molecular flexibility index (Phi) is 4.74. The van der Waals surface area contributed by atoms with Gasteiger partial charge in [-0.1, -0.05) is 23.7 Å². The van der Waals surface area contributed by atoms with Gasteiger partial charge in [-0.05, 0) is 35.9 Å². The Hall–Kier alpha value is -3.39. The third kappa shape index (κ3) is 2.91. The monoisotopic (exact) mass is 428 g/mol. The molecule has 1 saturated heterocycles. The molecule has 2 aromatic rings. The molecule has 1 N–H and O–H groups in total. The Morgan fingerprint density at radius 2 is 1.87 bits per heavy atom. The molecule has 0 saturated carbocycles. The van der Waals surface area contributed by atoms with Crippen molar-refractivity contribution in [3.8, 4) is 5.75 Å². The summed E-state index contributed by atoms with van der Waals surface area (Å²) in [4.78, 5) is 52.9. The van der Waals surface area contributed by atoms with E-state index in [2.05, 4.69) is 0 Å². The summed E-state index contributed by atoms with van der Waals surface area (Å²) in [6, 6.07) is 11.4. The minimum atomic E-state index is -1.80. The quantitative estimate of drug-likeness (QED) is 0.576. The van der Waals surface area contributed by atoms with Crippen molar-refractivity contribution < 1.29 is 29.0 Å². The lowest BCUT2D eigenvalue weighted by Gasteiger charge is -2.22. The van der Waals surface area contributed by atoms with Crippen LogP contribution in [0, 0.1) is 0 Å². The van der Waals surface area contributed by atoms with Gasteiger partial charge in [-0.25, -0.2) is 0 Å². The normalized spacial score (nSPS) is 20.3. The van der Waals surface area contributed by atoms with E-state index >= 15 is 0 Å². The van der Waals surface area contributed by atoms with Crippen LogP contribution in [0.1, 0.15) is 17.5 Å². The topological polar surface area (TPSA) is 104 Å². The van der Waals surface area contributed by atoms with Crippen molar-refractivity contribution in [1.29, 1.82) is 0 Å². The van der Waals surface area contributed by atoms with Gasteiger partial charge >= 0.3 is 5.97 Å². The largest absolute Gasteiger partial charge is 0.497 e. The second kappa shape index (κ2) is 7.14. The second-order valence-corrected chi connectivity index (χ2v) is 7.60. The summed E-state index contributed by atoms with van der Waals surface area (Å²) in [5.41, 5.74) is -0.609. The number of ether oxygens (including phenoxy) is 1. The molecule has 2 aliphatic heterocycles. The van der Waals surface area contributed by atoms with E-state index in [1.54, 1.807) is 24.3 Å². The summed E-state index contributed by atoms with van der Waals surface area (Å²) >= 11 is 6.10. The van der Waals surface area contributed by atoms with Gasteiger partial charge in [0.25, 0.3) is 0 Å². The summed E-state index contributed by atoms with van der Waals surface area (Å²) in [5, 5.41) is 9.51. The molecule has 1 atom stereocenters. The number of anilines is 1. The van der Waals surface area contributed by atoms with Crippen LogP contribution in [0.15, 0.2) is 42.5 Å². The van der Waals surface area contributed by atoms with Gasteiger partial charge in [-0.3, -0.25) is 29.0 Å². The maximum absolute atomic E-state index is 13.5. The van der Waals surface area contributed by atoms with E-state index in [0.29, 0.717) is 11.3 Å². The molecule has 4 rings (SSSR count). The number of rotatable bonds is 5. The minimum Gasteiger partial charge on any atom is -0.497 e. The third-order valence-electron chi connectivity index (χ3n) is 5.42. The molecule has 2 aromatic carbocycles. The first-order valence-electron chi connectivity index (χ1n) is 9.09. The fraction of sp³-hybridized carbons (Fsp3) is 0.238. The van der Waals surface area contributed by atoms with Gasteiger partial charge < -0.3 is 9.84 Å². The molecule has 154 valence electrons. The number of carbonyl (C=O) groups is 4. The van der Waals surface area contributed by atoms with Crippen molar-refractivity contribution in [2.45, 2.75) is 18.4 Å². The zero-order chi connectivity index (χ0) is 21.6. The molecule has 1 unspecified atom stereocenters. The Labute approximate surface area is 176 Å². The van der Waals surface area contributed by atoms with Gasteiger partial charge in [0, 0.05) is 16.3 Å². The summed E-state index contributed by atoms with van der Waals surface area (Å²) in [6.45, 7) is -0.648. The molecule has 1 fully saturated rings. The molecule has 0 aliphatic carbocycles. The van der Waals surface area contributed by atoms with E-state index in [1.165, 1.54) is 25.3 Å². The van der Waals surface area contributed by atoms with Crippen molar-refractivity contribution in [1.82, 2.24) is 4.90 Å². The molecular formula is C21H17ClN2O6. The number of imide groups is 1. The second-order valence-electron chi connectivity index (χ2n) is 7.17. The lowest BCUT2D eigenvalue weighted by molar-refractivity contribution is -0.143. The highest BCUT2D eigenvalue weighted by atomic mass is 35.5. The molecule has 3 amide bonds. The number of methoxy groups -OCH3 is 1. The summed E-state index contributed by atoms with van der Waals surface area (Å²) in [6.07, 6.45) is -0.377. The predicted molar refractivity (Wildman–Crippen MR) is 106 cm³/mol. The highest BCUT2D eigenvalue weighted by Crippen LogP contribution is 2.49. The van der Waals surface area contributed by atoms with Gasteiger partial charge in [0.15, 0.2) is 5.41 Å². The minimum absolute atomic E-state index is 0.0290. The average molecular weight is 429 g/mol. The maximum atomic E-state index is 13.5. The van der Waals surface area contributed by atoms with Crippen molar-refractivity contribution in [2.75, 3.05) is 18.6 Å². The number of hydrogen-bond donors (Lipinski definition) is 1. The van der Waals surface area contributed by atoms with E-state index in [-0.39, 0.29) is 29.2 Å². The van der Waals surface area contributed by atoms with E-state index in [4.69, 9.17) is 16.3 Å². The number of carboxylic acid groups (broad SMARTS) is 1.